The topological polar surface area (TPSA) is 32.7 Å². The summed E-state index contributed by atoms with van der Waals surface area (Å²) in [7, 11) is 1.54. The highest BCUT2D eigenvalue weighted by molar-refractivity contribution is 9.10. The second-order valence-electron chi connectivity index (χ2n) is 3.81. The van der Waals surface area contributed by atoms with Crippen LogP contribution in [0.4, 0.5) is 8.78 Å². The molecule has 0 heterocycles. The SMILES string of the molecule is COc1ccc(Br)cc1CN(CCO)CC(F)F. The van der Waals surface area contributed by atoms with E-state index < -0.39 is 6.43 Å². The summed E-state index contributed by atoms with van der Waals surface area (Å²) >= 11 is 3.33. The standard InChI is InChI=1S/C12H16BrF2NO2/c1-18-11-3-2-10(13)6-9(11)7-16(4-5-17)8-12(14)15/h2-3,6,12,17H,4-5,7-8H2,1H3. The zero-order valence-electron chi connectivity index (χ0n) is 10.1. The Kier molecular flexibility index (Phi) is 6.52. The minimum atomic E-state index is -2.42. The number of aliphatic hydroxyl groups excluding tert-OH is 1. The van der Waals surface area contributed by atoms with Gasteiger partial charge < -0.3 is 9.84 Å². The van der Waals surface area contributed by atoms with Gasteiger partial charge in [-0.05, 0) is 18.2 Å². The predicted octanol–water partition coefficient (Wildman–Crippen LogP) is 2.52. The van der Waals surface area contributed by atoms with Gasteiger partial charge in [-0.1, -0.05) is 15.9 Å². The van der Waals surface area contributed by atoms with Gasteiger partial charge in [0.25, 0.3) is 6.43 Å². The van der Waals surface area contributed by atoms with E-state index in [1.165, 1.54) is 12.0 Å². The highest BCUT2D eigenvalue weighted by Crippen LogP contribution is 2.24. The molecule has 1 aromatic rings. The number of rotatable bonds is 7. The molecule has 3 nitrogen and oxygen atoms in total. The molecule has 0 fully saturated rings. The fourth-order valence-electron chi connectivity index (χ4n) is 1.68. The summed E-state index contributed by atoms with van der Waals surface area (Å²) in [5, 5.41) is 8.88. The number of hydrogen-bond acceptors (Lipinski definition) is 3. The van der Waals surface area contributed by atoms with Crippen LogP contribution < -0.4 is 4.74 Å². The van der Waals surface area contributed by atoms with Crippen LogP contribution in [0, 0.1) is 0 Å². The molecule has 0 unspecified atom stereocenters. The van der Waals surface area contributed by atoms with Gasteiger partial charge in [0.15, 0.2) is 0 Å². The average Bonchev–Trinajstić information content (AvgIpc) is 2.28. The van der Waals surface area contributed by atoms with Crippen LogP contribution in [0.25, 0.3) is 0 Å². The molecule has 6 heteroatoms. The first-order valence-electron chi connectivity index (χ1n) is 5.50. The molecule has 0 bridgehead atoms. The van der Waals surface area contributed by atoms with Gasteiger partial charge in [-0.15, -0.1) is 0 Å². The minimum Gasteiger partial charge on any atom is -0.496 e. The fourth-order valence-corrected chi connectivity index (χ4v) is 2.09. The van der Waals surface area contributed by atoms with Gasteiger partial charge in [0.2, 0.25) is 0 Å². The van der Waals surface area contributed by atoms with Gasteiger partial charge in [0.1, 0.15) is 5.75 Å². The lowest BCUT2D eigenvalue weighted by Crippen LogP contribution is -2.31. The van der Waals surface area contributed by atoms with Crippen molar-refractivity contribution in [3.63, 3.8) is 0 Å². The number of ether oxygens (including phenoxy) is 1. The third-order valence-corrected chi connectivity index (χ3v) is 2.94. The molecular weight excluding hydrogens is 308 g/mol. The van der Waals surface area contributed by atoms with E-state index in [9.17, 15) is 8.78 Å². The zero-order chi connectivity index (χ0) is 13.5. The molecule has 0 spiro atoms. The van der Waals surface area contributed by atoms with E-state index in [1.54, 1.807) is 6.07 Å². The highest BCUT2D eigenvalue weighted by Gasteiger charge is 2.14. The Hall–Kier alpha value is -0.720. The molecule has 102 valence electrons. The molecule has 0 amide bonds. The van der Waals surface area contributed by atoms with E-state index in [2.05, 4.69) is 15.9 Å². The van der Waals surface area contributed by atoms with Gasteiger partial charge >= 0.3 is 0 Å². The molecule has 0 aliphatic rings. The number of benzene rings is 1. The van der Waals surface area contributed by atoms with E-state index in [0.29, 0.717) is 12.3 Å². The number of halogens is 3. The van der Waals surface area contributed by atoms with E-state index in [-0.39, 0.29) is 19.7 Å². The first-order chi connectivity index (χ1) is 8.56. The maximum absolute atomic E-state index is 12.4. The minimum absolute atomic E-state index is 0.150. The quantitative estimate of drug-likeness (QED) is 0.837. The lowest BCUT2D eigenvalue weighted by Gasteiger charge is -2.22. The Morgan fingerprint density at radius 3 is 2.72 bits per heavy atom. The van der Waals surface area contributed by atoms with Crippen LogP contribution in [-0.4, -0.2) is 43.2 Å². The molecule has 0 radical (unpaired) electrons. The first-order valence-corrected chi connectivity index (χ1v) is 6.30. The Morgan fingerprint density at radius 2 is 2.17 bits per heavy atom. The smallest absolute Gasteiger partial charge is 0.251 e. The maximum Gasteiger partial charge on any atom is 0.251 e. The summed E-state index contributed by atoms with van der Waals surface area (Å²) in [6, 6.07) is 5.43. The van der Waals surface area contributed by atoms with Crippen molar-refractivity contribution >= 4 is 15.9 Å². The summed E-state index contributed by atoms with van der Waals surface area (Å²) in [4.78, 5) is 1.50. The molecule has 0 aliphatic carbocycles. The van der Waals surface area contributed by atoms with Crippen LogP contribution in [0.2, 0.25) is 0 Å². The fraction of sp³-hybridized carbons (Fsp3) is 0.500. The predicted molar refractivity (Wildman–Crippen MR) is 69.1 cm³/mol. The van der Waals surface area contributed by atoms with Crippen molar-refractivity contribution in [3.05, 3.63) is 28.2 Å². The molecular formula is C12H16BrF2NO2. The lowest BCUT2D eigenvalue weighted by molar-refractivity contribution is 0.0742. The third kappa shape index (κ3) is 4.88. The Bertz CT molecular complexity index is 377. The van der Waals surface area contributed by atoms with E-state index in [1.807, 2.05) is 12.1 Å². The zero-order valence-corrected chi connectivity index (χ0v) is 11.7. The molecule has 0 saturated heterocycles. The Morgan fingerprint density at radius 1 is 1.44 bits per heavy atom. The summed E-state index contributed by atoms with van der Waals surface area (Å²) in [6.07, 6.45) is -2.42. The van der Waals surface area contributed by atoms with Crippen molar-refractivity contribution in [2.45, 2.75) is 13.0 Å². The molecule has 0 aromatic heterocycles. The third-order valence-electron chi connectivity index (χ3n) is 2.45. The largest absolute Gasteiger partial charge is 0.496 e. The first kappa shape index (κ1) is 15.3. The summed E-state index contributed by atoms with van der Waals surface area (Å²) in [5.41, 5.74) is 0.806. The molecule has 1 aromatic carbocycles. The van der Waals surface area contributed by atoms with Crippen LogP contribution >= 0.6 is 15.9 Å². The maximum atomic E-state index is 12.4. The highest BCUT2D eigenvalue weighted by atomic mass is 79.9. The number of methoxy groups -OCH3 is 1. The second-order valence-corrected chi connectivity index (χ2v) is 4.72. The van der Waals surface area contributed by atoms with Crippen molar-refractivity contribution in [2.24, 2.45) is 0 Å². The summed E-state index contributed by atoms with van der Waals surface area (Å²) in [6.45, 7) is 0.00673. The molecule has 0 aliphatic heterocycles. The monoisotopic (exact) mass is 323 g/mol. The molecule has 0 atom stereocenters. The molecule has 1 N–H and O–H groups in total. The van der Waals surface area contributed by atoms with Gasteiger partial charge in [-0.25, -0.2) is 8.78 Å². The Labute approximate surface area is 113 Å². The van der Waals surface area contributed by atoms with Gasteiger partial charge in [-0.3, -0.25) is 4.90 Å². The van der Waals surface area contributed by atoms with Crippen molar-refractivity contribution in [2.75, 3.05) is 26.8 Å². The van der Waals surface area contributed by atoms with E-state index >= 15 is 0 Å². The van der Waals surface area contributed by atoms with Crippen molar-refractivity contribution in [1.82, 2.24) is 4.90 Å². The van der Waals surface area contributed by atoms with Crippen molar-refractivity contribution in [1.29, 1.82) is 0 Å². The van der Waals surface area contributed by atoms with Crippen LogP contribution in [0.5, 0.6) is 5.75 Å². The van der Waals surface area contributed by atoms with Crippen molar-refractivity contribution < 1.29 is 18.6 Å². The van der Waals surface area contributed by atoms with Crippen LogP contribution in [0.1, 0.15) is 5.56 Å². The van der Waals surface area contributed by atoms with Crippen LogP contribution in [0.15, 0.2) is 22.7 Å². The number of alkyl halides is 2. The number of hydrogen-bond donors (Lipinski definition) is 1. The van der Waals surface area contributed by atoms with Crippen LogP contribution in [0.3, 0.4) is 0 Å². The number of aliphatic hydroxyl groups is 1. The normalized spacial score (nSPS) is 11.3. The molecule has 18 heavy (non-hydrogen) atoms. The molecule has 1 rings (SSSR count). The van der Waals surface area contributed by atoms with E-state index in [0.717, 1.165) is 10.0 Å². The van der Waals surface area contributed by atoms with Gasteiger partial charge in [-0.2, -0.15) is 0 Å². The Balaban J connectivity index is 2.81. The summed E-state index contributed by atoms with van der Waals surface area (Å²) in [5.74, 6) is 0.649. The molecule has 0 saturated carbocycles. The van der Waals surface area contributed by atoms with E-state index in [4.69, 9.17) is 9.84 Å². The van der Waals surface area contributed by atoms with Crippen LogP contribution in [-0.2, 0) is 6.54 Å². The van der Waals surface area contributed by atoms with Gasteiger partial charge in [0, 0.05) is 23.1 Å². The second kappa shape index (κ2) is 7.66. The van der Waals surface area contributed by atoms with Gasteiger partial charge in [0.05, 0.1) is 20.3 Å². The van der Waals surface area contributed by atoms with Crippen molar-refractivity contribution in [3.8, 4) is 5.75 Å². The average molecular weight is 324 g/mol. The summed E-state index contributed by atoms with van der Waals surface area (Å²) < 4.78 is 30.9. The lowest BCUT2D eigenvalue weighted by atomic mass is 10.2. The number of nitrogens with zero attached hydrogens (tertiary/aromatic N) is 1.